The fourth-order valence-electron chi connectivity index (χ4n) is 2.18. The van der Waals surface area contributed by atoms with Gasteiger partial charge in [0.2, 0.25) is 0 Å². The first-order valence-corrected chi connectivity index (χ1v) is 5.57. The molecule has 0 spiro atoms. The third-order valence-corrected chi connectivity index (χ3v) is 3.02. The van der Waals surface area contributed by atoms with E-state index in [1.54, 1.807) is 0 Å². The van der Waals surface area contributed by atoms with Gasteiger partial charge in [0.15, 0.2) is 0 Å². The largest absolute Gasteiger partial charge is 0.380 e. The maximum Gasteiger partial charge on any atom is 0.0728 e. The minimum atomic E-state index is 0.666. The number of aromatic nitrogens is 2. The molecule has 0 saturated heterocycles. The first-order chi connectivity index (χ1) is 6.78. The second kappa shape index (κ2) is 4.03. The number of nitrogens with one attached hydrogen (secondary N) is 1. The van der Waals surface area contributed by atoms with E-state index < -0.39 is 0 Å². The average molecular weight is 193 g/mol. The Morgan fingerprint density at radius 2 is 2.43 bits per heavy atom. The molecule has 2 rings (SSSR count). The van der Waals surface area contributed by atoms with E-state index in [0.717, 1.165) is 12.5 Å². The van der Waals surface area contributed by atoms with Crippen molar-refractivity contribution in [3.05, 3.63) is 12.4 Å². The third kappa shape index (κ3) is 2.08. The molecule has 1 aliphatic carbocycles. The van der Waals surface area contributed by atoms with Crippen LogP contribution in [-0.4, -0.2) is 15.8 Å². The molecule has 0 radical (unpaired) electrons. The van der Waals surface area contributed by atoms with Crippen molar-refractivity contribution in [3.8, 4) is 0 Å². The van der Waals surface area contributed by atoms with Crippen LogP contribution in [0.3, 0.4) is 0 Å². The van der Waals surface area contributed by atoms with Crippen molar-refractivity contribution in [2.24, 2.45) is 5.92 Å². The Morgan fingerprint density at radius 3 is 3.00 bits per heavy atom. The van der Waals surface area contributed by atoms with Gasteiger partial charge < -0.3 is 5.32 Å². The number of anilines is 1. The van der Waals surface area contributed by atoms with Crippen LogP contribution >= 0.6 is 0 Å². The molecular weight excluding hydrogens is 174 g/mol. The van der Waals surface area contributed by atoms with Crippen molar-refractivity contribution in [1.82, 2.24) is 9.78 Å². The summed E-state index contributed by atoms with van der Waals surface area (Å²) < 4.78 is 1.96. The highest BCUT2D eigenvalue weighted by molar-refractivity contribution is 5.39. The summed E-state index contributed by atoms with van der Waals surface area (Å²) in [5, 5.41) is 7.79. The Labute approximate surface area is 85.5 Å². The summed E-state index contributed by atoms with van der Waals surface area (Å²) in [6.45, 7) is 5.38. The van der Waals surface area contributed by atoms with Crippen LogP contribution in [-0.2, 0) is 6.54 Å². The maximum atomic E-state index is 4.25. The highest BCUT2D eigenvalue weighted by Crippen LogP contribution is 2.27. The van der Waals surface area contributed by atoms with Gasteiger partial charge >= 0.3 is 0 Å². The van der Waals surface area contributed by atoms with Gasteiger partial charge in [-0.1, -0.05) is 6.92 Å². The minimum Gasteiger partial charge on any atom is -0.380 e. The van der Waals surface area contributed by atoms with Gasteiger partial charge in [-0.3, -0.25) is 4.68 Å². The van der Waals surface area contributed by atoms with Crippen LogP contribution in [0, 0.1) is 5.92 Å². The number of hydrogen-bond acceptors (Lipinski definition) is 2. The summed E-state index contributed by atoms with van der Waals surface area (Å²) in [5.41, 5.74) is 1.17. The lowest BCUT2D eigenvalue weighted by molar-refractivity contribution is 0.602. The second-order valence-electron chi connectivity index (χ2n) is 4.34. The molecule has 0 amide bonds. The zero-order valence-corrected chi connectivity index (χ0v) is 9.03. The van der Waals surface area contributed by atoms with E-state index in [0.29, 0.717) is 6.04 Å². The fourth-order valence-corrected chi connectivity index (χ4v) is 2.18. The number of nitrogens with zero attached hydrogens (tertiary/aromatic N) is 2. The van der Waals surface area contributed by atoms with Gasteiger partial charge in [0.25, 0.3) is 0 Å². The number of hydrogen-bond donors (Lipinski definition) is 1. The SMILES string of the molecule is CCn1cc(N[C@H]2CC[C@H](C)C2)cn1. The van der Waals surface area contributed by atoms with Crippen LogP contribution in [0.15, 0.2) is 12.4 Å². The molecule has 78 valence electrons. The molecule has 1 saturated carbocycles. The molecule has 1 aromatic heterocycles. The number of rotatable bonds is 3. The van der Waals surface area contributed by atoms with Gasteiger partial charge in [-0.2, -0.15) is 5.10 Å². The van der Waals surface area contributed by atoms with Gasteiger partial charge in [0, 0.05) is 18.8 Å². The van der Waals surface area contributed by atoms with Crippen molar-refractivity contribution < 1.29 is 0 Å². The zero-order chi connectivity index (χ0) is 9.97. The summed E-state index contributed by atoms with van der Waals surface area (Å²) >= 11 is 0. The molecule has 14 heavy (non-hydrogen) atoms. The molecule has 1 aromatic rings. The summed E-state index contributed by atoms with van der Waals surface area (Å²) in [5.74, 6) is 0.883. The monoisotopic (exact) mass is 193 g/mol. The summed E-state index contributed by atoms with van der Waals surface area (Å²) in [6.07, 6.45) is 7.98. The van der Waals surface area contributed by atoms with Crippen molar-refractivity contribution >= 4 is 5.69 Å². The molecule has 1 fully saturated rings. The molecule has 0 unspecified atom stereocenters. The normalized spacial score (nSPS) is 26.7. The average Bonchev–Trinajstić information content (AvgIpc) is 2.76. The van der Waals surface area contributed by atoms with Gasteiger partial charge in [-0.15, -0.1) is 0 Å². The van der Waals surface area contributed by atoms with Crippen molar-refractivity contribution in [3.63, 3.8) is 0 Å². The lowest BCUT2D eigenvalue weighted by Gasteiger charge is -2.11. The lowest BCUT2D eigenvalue weighted by atomic mass is 10.1. The molecule has 0 bridgehead atoms. The molecule has 1 aliphatic rings. The quantitative estimate of drug-likeness (QED) is 0.799. The van der Waals surface area contributed by atoms with Gasteiger partial charge in [0.1, 0.15) is 0 Å². The summed E-state index contributed by atoms with van der Waals surface area (Å²) in [7, 11) is 0. The Hall–Kier alpha value is -0.990. The van der Waals surface area contributed by atoms with E-state index in [-0.39, 0.29) is 0 Å². The Balaban J connectivity index is 1.90. The Kier molecular flexibility index (Phi) is 2.75. The lowest BCUT2D eigenvalue weighted by Crippen LogP contribution is -2.14. The van der Waals surface area contributed by atoms with Crippen LogP contribution in [0.2, 0.25) is 0 Å². The van der Waals surface area contributed by atoms with Crippen molar-refractivity contribution in [2.45, 2.75) is 45.7 Å². The van der Waals surface area contributed by atoms with Crippen LogP contribution in [0.25, 0.3) is 0 Å². The first-order valence-electron chi connectivity index (χ1n) is 5.57. The Morgan fingerprint density at radius 1 is 1.57 bits per heavy atom. The van der Waals surface area contributed by atoms with Gasteiger partial charge in [0.05, 0.1) is 11.9 Å². The van der Waals surface area contributed by atoms with Gasteiger partial charge in [-0.25, -0.2) is 0 Å². The van der Waals surface area contributed by atoms with E-state index in [1.165, 1.54) is 24.9 Å². The highest BCUT2D eigenvalue weighted by atomic mass is 15.3. The number of aryl methyl sites for hydroxylation is 1. The summed E-state index contributed by atoms with van der Waals surface area (Å²) in [6, 6.07) is 0.666. The predicted octanol–water partition coefficient (Wildman–Crippen LogP) is 2.50. The van der Waals surface area contributed by atoms with Gasteiger partial charge in [-0.05, 0) is 32.1 Å². The van der Waals surface area contributed by atoms with Crippen molar-refractivity contribution in [1.29, 1.82) is 0 Å². The van der Waals surface area contributed by atoms with Crippen LogP contribution in [0.5, 0.6) is 0 Å². The van der Waals surface area contributed by atoms with Crippen molar-refractivity contribution in [2.75, 3.05) is 5.32 Å². The molecular formula is C11H19N3. The van der Waals surface area contributed by atoms with E-state index in [9.17, 15) is 0 Å². The maximum absolute atomic E-state index is 4.25. The van der Waals surface area contributed by atoms with Crippen LogP contribution < -0.4 is 5.32 Å². The highest BCUT2D eigenvalue weighted by Gasteiger charge is 2.21. The van der Waals surface area contributed by atoms with Crippen LogP contribution in [0.1, 0.15) is 33.1 Å². The second-order valence-corrected chi connectivity index (χ2v) is 4.34. The molecule has 1 N–H and O–H groups in total. The molecule has 3 heteroatoms. The molecule has 0 aromatic carbocycles. The van der Waals surface area contributed by atoms with E-state index in [2.05, 4.69) is 30.5 Å². The summed E-state index contributed by atoms with van der Waals surface area (Å²) in [4.78, 5) is 0. The third-order valence-electron chi connectivity index (χ3n) is 3.02. The molecule has 0 aliphatic heterocycles. The predicted molar refractivity (Wildman–Crippen MR) is 58.3 cm³/mol. The molecule has 2 atom stereocenters. The first kappa shape index (κ1) is 9.56. The van der Waals surface area contributed by atoms with Crippen LogP contribution in [0.4, 0.5) is 5.69 Å². The smallest absolute Gasteiger partial charge is 0.0728 e. The molecule has 3 nitrogen and oxygen atoms in total. The standard InChI is InChI=1S/C11H19N3/c1-3-14-8-11(7-12-14)13-10-5-4-9(2)6-10/h7-10,13H,3-6H2,1-2H3/t9-,10-/m0/s1. The van der Waals surface area contributed by atoms with E-state index >= 15 is 0 Å². The zero-order valence-electron chi connectivity index (χ0n) is 9.03. The Bertz CT molecular complexity index is 292. The minimum absolute atomic E-state index is 0.666. The van der Waals surface area contributed by atoms with E-state index in [1.807, 2.05) is 10.9 Å². The van der Waals surface area contributed by atoms with E-state index in [4.69, 9.17) is 0 Å². The topological polar surface area (TPSA) is 29.9 Å². The fraction of sp³-hybridized carbons (Fsp3) is 0.727. The molecule has 1 heterocycles.